The molecule has 0 spiro atoms. The number of carbonyl (C=O) groups excluding carboxylic acids is 1. The van der Waals surface area contributed by atoms with Crippen LogP contribution in [0, 0.1) is 0 Å². The van der Waals surface area contributed by atoms with Crippen molar-refractivity contribution in [2.75, 3.05) is 0 Å². The number of carbonyl (C=O) groups is 1. The van der Waals surface area contributed by atoms with Gasteiger partial charge in [0.1, 0.15) is 5.52 Å². The molecule has 0 amide bonds. The lowest BCUT2D eigenvalue weighted by molar-refractivity contribution is 0.100. The Morgan fingerprint density at radius 2 is 1.85 bits per heavy atom. The third-order valence-electron chi connectivity index (χ3n) is 1.68. The van der Waals surface area contributed by atoms with E-state index >= 15 is 0 Å². The standard InChI is InChI=1S/C9H7N3O/c1-6(13)9-10-7-4-2-3-5-8(7)11-12-9/h2-5H,1H3. The maximum absolute atomic E-state index is 10.9. The van der Waals surface area contributed by atoms with Crippen LogP contribution in [0.4, 0.5) is 0 Å². The number of para-hydroxylation sites is 1. The van der Waals surface area contributed by atoms with E-state index in [2.05, 4.69) is 15.2 Å². The first-order valence-corrected chi connectivity index (χ1v) is 3.88. The summed E-state index contributed by atoms with van der Waals surface area (Å²) in [7, 11) is 0. The minimum absolute atomic E-state index is 0.165. The lowest BCUT2D eigenvalue weighted by atomic mass is 10.3. The van der Waals surface area contributed by atoms with E-state index in [1.165, 1.54) is 6.92 Å². The molecule has 0 saturated carbocycles. The minimum Gasteiger partial charge on any atom is -0.291 e. The monoisotopic (exact) mass is 173 g/mol. The quantitative estimate of drug-likeness (QED) is 0.608. The number of Topliss-reactive ketones (excluding diaryl/α,β-unsaturated/α-hetero) is 1. The van der Waals surface area contributed by atoms with Crippen molar-refractivity contribution in [3.8, 4) is 0 Å². The number of hydrogen-bond acceptors (Lipinski definition) is 4. The fourth-order valence-corrected chi connectivity index (χ4v) is 1.03. The Bertz CT molecular complexity index is 467. The van der Waals surface area contributed by atoms with E-state index < -0.39 is 0 Å². The summed E-state index contributed by atoms with van der Waals surface area (Å²) < 4.78 is 0. The first kappa shape index (κ1) is 7.79. The van der Waals surface area contributed by atoms with Crippen LogP contribution in [0.1, 0.15) is 17.5 Å². The second-order valence-corrected chi connectivity index (χ2v) is 2.68. The maximum Gasteiger partial charge on any atom is 0.218 e. The Kier molecular flexibility index (Phi) is 1.73. The van der Waals surface area contributed by atoms with Gasteiger partial charge in [-0.3, -0.25) is 4.79 Å². The summed E-state index contributed by atoms with van der Waals surface area (Å²) in [5.74, 6) is -0.00282. The van der Waals surface area contributed by atoms with E-state index in [1.54, 1.807) is 12.1 Å². The fraction of sp³-hybridized carbons (Fsp3) is 0.111. The number of ketones is 1. The van der Waals surface area contributed by atoms with Gasteiger partial charge in [-0.15, -0.1) is 10.2 Å². The fourth-order valence-electron chi connectivity index (χ4n) is 1.03. The van der Waals surface area contributed by atoms with Gasteiger partial charge >= 0.3 is 0 Å². The van der Waals surface area contributed by atoms with Gasteiger partial charge in [0.25, 0.3) is 0 Å². The summed E-state index contributed by atoms with van der Waals surface area (Å²) in [4.78, 5) is 15.0. The van der Waals surface area contributed by atoms with Crippen molar-refractivity contribution in [3.05, 3.63) is 30.1 Å². The molecule has 2 rings (SSSR count). The highest BCUT2D eigenvalue weighted by molar-refractivity contribution is 5.91. The average molecular weight is 173 g/mol. The molecule has 0 saturated heterocycles. The molecule has 64 valence electrons. The van der Waals surface area contributed by atoms with Crippen molar-refractivity contribution in [2.45, 2.75) is 6.92 Å². The lowest BCUT2D eigenvalue weighted by Gasteiger charge is -1.95. The Balaban J connectivity index is 2.69. The Labute approximate surface area is 74.6 Å². The molecule has 0 aliphatic heterocycles. The molecule has 1 aromatic carbocycles. The lowest BCUT2D eigenvalue weighted by Crippen LogP contribution is -2.02. The predicted molar refractivity (Wildman–Crippen MR) is 47.3 cm³/mol. The highest BCUT2D eigenvalue weighted by atomic mass is 16.1. The van der Waals surface area contributed by atoms with Crippen LogP contribution in [0.2, 0.25) is 0 Å². The summed E-state index contributed by atoms with van der Waals surface area (Å²) in [5.41, 5.74) is 1.40. The largest absolute Gasteiger partial charge is 0.291 e. The third kappa shape index (κ3) is 1.38. The molecule has 0 aliphatic carbocycles. The van der Waals surface area contributed by atoms with Crippen LogP contribution in [0.3, 0.4) is 0 Å². The summed E-state index contributed by atoms with van der Waals surface area (Å²) in [6.07, 6.45) is 0. The third-order valence-corrected chi connectivity index (χ3v) is 1.68. The summed E-state index contributed by atoms with van der Waals surface area (Å²) in [6.45, 7) is 1.42. The maximum atomic E-state index is 10.9. The zero-order valence-electron chi connectivity index (χ0n) is 7.06. The molecule has 0 aliphatic rings. The molecule has 0 fully saturated rings. The second kappa shape index (κ2) is 2.90. The SMILES string of the molecule is CC(=O)c1nnc2ccccc2n1. The molecule has 0 bridgehead atoms. The Morgan fingerprint density at radius 3 is 2.54 bits per heavy atom. The van der Waals surface area contributed by atoms with Gasteiger partial charge in [-0.2, -0.15) is 0 Å². The van der Waals surface area contributed by atoms with Crippen LogP contribution in [-0.2, 0) is 0 Å². The number of nitrogens with zero attached hydrogens (tertiary/aromatic N) is 3. The van der Waals surface area contributed by atoms with Crippen LogP contribution in [0.15, 0.2) is 24.3 Å². The van der Waals surface area contributed by atoms with E-state index in [-0.39, 0.29) is 11.6 Å². The molecule has 2 aromatic rings. The first-order chi connectivity index (χ1) is 6.27. The van der Waals surface area contributed by atoms with E-state index in [0.717, 1.165) is 0 Å². The molecule has 4 heteroatoms. The molecule has 1 aromatic heterocycles. The van der Waals surface area contributed by atoms with Crippen molar-refractivity contribution in [1.29, 1.82) is 0 Å². The van der Waals surface area contributed by atoms with Gasteiger partial charge in [-0.05, 0) is 12.1 Å². The van der Waals surface area contributed by atoms with Gasteiger partial charge in [0.15, 0.2) is 5.78 Å². The molecule has 0 unspecified atom stereocenters. The van der Waals surface area contributed by atoms with Crippen LogP contribution < -0.4 is 0 Å². The summed E-state index contributed by atoms with van der Waals surface area (Å²) in [6, 6.07) is 7.31. The molecule has 0 atom stereocenters. The van der Waals surface area contributed by atoms with Crippen molar-refractivity contribution < 1.29 is 4.79 Å². The molecule has 0 radical (unpaired) electrons. The van der Waals surface area contributed by atoms with Crippen LogP contribution >= 0.6 is 0 Å². The number of rotatable bonds is 1. The van der Waals surface area contributed by atoms with Gasteiger partial charge in [0.05, 0.1) is 5.52 Å². The highest BCUT2D eigenvalue weighted by Gasteiger charge is 2.04. The Morgan fingerprint density at radius 1 is 1.15 bits per heavy atom. The normalized spacial score (nSPS) is 10.2. The average Bonchev–Trinajstić information content (AvgIpc) is 2.17. The van der Waals surface area contributed by atoms with E-state index in [0.29, 0.717) is 11.0 Å². The van der Waals surface area contributed by atoms with Crippen LogP contribution in [0.25, 0.3) is 11.0 Å². The Hall–Kier alpha value is -1.84. The van der Waals surface area contributed by atoms with E-state index in [4.69, 9.17) is 0 Å². The van der Waals surface area contributed by atoms with Gasteiger partial charge in [-0.25, -0.2) is 4.98 Å². The van der Waals surface area contributed by atoms with E-state index in [1.807, 2.05) is 12.1 Å². The molecule has 4 nitrogen and oxygen atoms in total. The highest BCUT2D eigenvalue weighted by Crippen LogP contribution is 2.06. The number of fused-ring (bicyclic) bond motifs is 1. The zero-order chi connectivity index (χ0) is 9.26. The topological polar surface area (TPSA) is 55.7 Å². The number of hydrogen-bond donors (Lipinski definition) is 0. The van der Waals surface area contributed by atoms with Crippen molar-refractivity contribution in [1.82, 2.24) is 15.2 Å². The van der Waals surface area contributed by atoms with Gasteiger partial charge in [-0.1, -0.05) is 12.1 Å². The van der Waals surface area contributed by atoms with E-state index in [9.17, 15) is 4.79 Å². The molecule has 1 heterocycles. The smallest absolute Gasteiger partial charge is 0.218 e. The van der Waals surface area contributed by atoms with Gasteiger partial charge < -0.3 is 0 Å². The van der Waals surface area contributed by atoms with Gasteiger partial charge in [0.2, 0.25) is 5.82 Å². The van der Waals surface area contributed by atoms with Crippen molar-refractivity contribution in [3.63, 3.8) is 0 Å². The van der Waals surface area contributed by atoms with Crippen LogP contribution in [-0.4, -0.2) is 21.0 Å². The van der Waals surface area contributed by atoms with Crippen LogP contribution in [0.5, 0.6) is 0 Å². The predicted octanol–water partition coefficient (Wildman–Crippen LogP) is 1.23. The minimum atomic E-state index is -0.168. The molecule has 0 N–H and O–H groups in total. The molecular formula is C9H7N3O. The van der Waals surface area contributed by atoms with Crippen molar-refractivity contribution in [2.24, 2.45) is 0 Å². The molecular weight excluding hydrogens is 166 g/mol. The summed E-state index contributed by atoms with van der Waals surface area (Å²) >= 11 is 0. The summed E-state index contributed by atoms with van der Waals surface area (Å²) in [5, 5.41) is 7.56. The van der Waals surface area contributed by atoms with Crippen molar-refractivity contribution >= 4 is 16.8 Å². The number of benzene rings is 1. The molecule has 13 heavy (non-hydrogen) atoms. The first-order valence-electron chi connectivity index (χ1n) is 3.88. The zero-order valence-corrected chi connectivity index (χ0v) is 7.06. The number of aromatic nitrogens is 3. The van der Waals surface area contributed by atoms with Gasteiger partial charge in [0, 0.05) is 6.92 Å². The second-order valence-electron chi connectivity index (χ2n) is 2.68.